The zero-order valence-electron chi connectivity index (χ0n) is 23.0. The molecule has 0 amide bonds. The minimum Gasteiger partial charge on any atom is -0.503 e. The van der Waals surface area contributed by atoms with Crippen LogP contribution in [0.3, 0.4) is 0 Å². The molecule has 4 saturated carbocycles. The highest BCUT2D eigenvalue weighted by Gasteiger charge is 2.64. The molecule has 206 valence electrons. The van der Waals surface area contributed by atoms with Crippen molar-refractivity contribution in [2.45, 2.75) is 97.7 Å². The van der Waals surface area contributed by atoms with Crippen molar-refractivity contribution in [1.29, 1.82) is 0 Å². The fourth-order valence-electron chi connectivity index (χ4n) is 10.2. The summed E-state index contributed by atoms with van der Waals surface area (Å²) < 4.78 is 27.4. The molecule has 37 heavy (non-hydrogen) atoms. The van der Waals surface area contributed by atoms with Gasteiger partial charge in [-0.2, -0.15) is 0 Å². The first kappa shape index (κ1) is 27.1. The summed E-state index contributed by atoms with van der Waals surface area (Å²) in [6.07, 6.45) is 12.6. The van der Waals surface area contributed by atoms with Crippen LogP contribution in [0, 0.1) is 63.9 Å². The van der Waals surface area contributed by atoms with E-state index in [9.17, 15) is 24.1 Å². The van der Waals surface area contributed by atoms with E-state index < -0.39 is 17.4 Å². The number of benzene rings is 1. The minimum absolute atomic E-state index is 0.196. The van der Waals surface area contributed by atoms with Crippen LogP contribution in [0.5, 0.6) is 5.75 Å². The zero-order valence-corrected chi connectivity index (χ0v) is 23.0. The van der Waals surface area contributed by atoms with E-state index in [1.165, 1.54) is 37.8 Å². The number of hydrogen-bond acceptors (Lipinski definition) is 3. The molecule has 0 aliphatic heterocycles. The molecule has 4 fully saturated rings. The highest BCUT2D eigenvalue weighted by Crippen LogP contribution is 2.69. The monoisotopic (exact) mass is 516 g/mol. The van der Waals surface area contributed by atoms with Gasteiger partial charge in [0.05, 0.1) is 12.2 Å². The van der Waals surface area contributed by atoms with Gasteiger partial charge in [0.15, 0.2) is 17.4 Å². The van der Waals surface area contributed by atoms with E-state index in [4.69, 9.17) is 0 Å². The predicted octanol–water partition coefficient (Wildman–Crippen LogP) is 7.34. The molecule has 1 aromatic rings. The molecule has 0 spiro atoms. The Bertz CT molecular complexity index is 1000. The van der Waals surface area contributed by atoms with Gasteiger partial charge >= 0.3 is 0 Å². The van der Waals surface area contributed by atoms with Crippen molar-refractivity contribution in [1.82, 2.24) is 0 Å². The van der Waals surface area contributed by atoms with Crippen molar-refractivity contribution in [3.05, 3.63) is 35.4 Å². The Balaban J connectivity index is 1.34. The van der Waals surface area contributed by atoms with Gasteiger partial charge in [0.1, 0.15) is 0 Å². The highest BCUT2D eigenvalue weighted by molar-refractivity contribution is 5.51. The normalized spacial score (nSPS) is 44.3. The largest absolute Gasteiger partial charge is 0.503 e. The number of allylic oxidation sites excluding steroid dienone is 1. The van der Waals surface area contributed by atoms with Crippen molar-refractivity contribution in [3.8, 4) is 5.75 Å². The number of aliphatic hydroxyl groups is 2. The lowest BCUT2D eigenvalue weighted by molar-refractivity contribution is -0.203. The Labute approximate surface area is 221 Å². The van der Waals surface area contributed by atoms with Gasteiger partial charge in [-0.05, 0) is 121 Å². The van der Waals surface area contributed by atoms with Gasteiger partial charge in [-0.1, -0.05) is 46.3 Å². The summed E-state index contributed by atoms with van der Waals surface area (Å²) in [4.78, 5) is 0. The van der Waals surface area contributed by atoms with Crippen molar-refractivity contribution in [2.24, 2.45) is 52.3 Å². The summed E-state index contributed by atoms with van der Waals surface area (Å²) in [5.74, 6) is 0.290. The van der Waals surface area contributed by atoms with Crippen molar-refractivity contribution in [3.63, 3.8) is 0 Å². The molecule has 4 aliphatic rings. The molecule has 3 nitrogen and oxygen atoms in total. The number of halogens is 2. The maximum absolute atomic E-state index is 13.7. The second kappa shape index (κ2) is 9.93. The third-order valence-corrected chi connectivity index (χ3v) is 12.0. The second-order valence-corrected chi connectivity index (χ2v) is 13.6. The Morgan fingerprint density at radius 2 is 1.62 bits per heavy atom. The van der Waals surface area contributed by atoms with Gasteiger partial charge in [0.2, 0.25) is 0 Å². The average molecular weight is 517 g/mol. The van der Waals surface area contributed by atoms with Crippen LogP contribution in [-0.4, -0.2) is 27.5 Å². The van der Waals surface area contributed by atoms with Gasteiger partial charge in [0.25, 0.3) is 0 Å². The first-order valence-corrected chi connectivity index (χ1v) is 14.7. The predicted molar refractivity (Wildman–Crippen MR) is 143 cm³/mol. The number of fused-ring (bicyclic) bond motifs is 5. The molecule has 0 heterocycles. The maximum atomic E-state index is 13.7. The van der Waals surface area contributed by atoms with E-state index in [-0.39, 0.29) is 29.0 Å². The fourth-order valence-corrected chi connectivity index (χ4v) is 10.2. The molecule has 4 aliphatic carbocycles. The molecule has 0 aromatic heterocycles. The lowest BCUT2D eigenvalue weighted by Crippen LogP contribution is -2.62. The lowest BCUT2D eigenvalue weighted by Gasteiger charge is -2.64. The molecule has 0 radical (unpaired) electrons. The van der Waals surface area contributed by atoms with Crippen LogP contribution >= 0.6 is 0 Å². The SMILES string of the molecule is CC[C@H]1[C@@H](O)[C@H]2C3CC[C@H]([C@H](C)C/C=C/c4cc(F)c(O)c(F)c4)[C@@]3(C)CC[C@@H]2[C@@]2(C)CC[C@@H](O)C[C@@H]12. The highest BCUT2D eigenvalue weighted by atomic mass is 19.1. The Kier molecular flexibility index (Phi) is 7.28. The van der Waals surface area contributed by atoms with Crippen molar-refractivity contribution < 1.29 is 24.1 Å². The number of rotatable bonds is 5. The van der Waals surface area contributed by atoms with Crippen molar-refractivity contribution in [2.75, 3.05) is 0 Å². The van der Waals surface area contributed by atoms with E-state index >= 15 is 0 Å². The summed E-state index contributed by atoms with van der Waals surface area (Å²) in [7, 11) is 0. The fraction of sp³-hybridized carbons (Fsp3) is 0.750. The smallest absolute Gasteiger partial charge is 0.187 e. The maximum Gasteiger partial charge on any atom is 0.187 e. The van der Waals surface area contributed by atoms with Gasteiger partial charge in [0, 0.05) is 0 Å². The van der Waals surface area contributed by atoms with Crippen LogP contribution in [0.25, 0.3) is 6.08 Å². The van der Waals surface area contributed by atoms with Crippen LogP contribution in [0.15, 0.2) is 18.2 Å². The number of aliphatic hydroxyl groups excluding tert-OH is 2. The van der Waals surface area contributed by atoms with E-state index in [1.54, 1.807) is 6.08 Å². The van der Waals surface area contributed by atoms with Crippen molar-refractivity contribution >= 4 is 6.08 Å². The van der Waals surface area contributed by atoms with Gasteiger partial charge in [-0.15, -0.1) is 0 Å². The molecular weight excluding hydrogens is 470 g/mol. The molecule has 1 aromatic carbocycles. The molecule has 11 atom stereocenters. The van der Waals surface area contributed by atoms with E-state index in [1.807, 2.05) is 6.08 Å². The molecule has 0 bridgehead atoms. The van der Waals surface area contributed by atoms with Crippen LogP contribution in [0.2, 0.25) is 0 Å². The molecule has 5 rings (SSSR count). The second-order valence-electron chi connectivity index (χ2n) is 13.6. The third-order valence-electron chi connectivity index (χ3n) is 12.0. The summed E-state index contributed by atoms with van der Waals surface area (Å²) in [5, 5.41) is 31.7. The first-order valence-electron chi connectivity index (χ1n) is 14.7. The molecular formula is C32H46F2O3. The average Bonchev–Trinajstić information content (AvgIpc) is 3.21. The number of aromatic hydroxyl groups is 1. The van der Waals surface area contributed by atoms with E-state index in [0.29, 0.717) is 41.1 Å². The van der Waals surface area contributed by atoms with Crippen LogP contribution in [0.4, 0.5) is 8.78 Å². The summed E-state index contributed by atoms with van der Waals surface area (Å²) in [5.41, 5.74) is 0.834. The number of phenols is 1. The number of phenolic OH excluding ortho intramolecular Hbond substituents is 1. The van der Waals surface area contributed by atoms with E-state index in [2.05, 4.69) is 27.7 Å². The Morgan fingerprint density at radius 1 is 0.973 bits per heavy atom. The van der Waals surface area contributed by atoms with Crippen LogP contribution in [0.1, 0.15) is 91.0 Å². The zero-order chi connectivity index (χ0) is 26.7. The topological polar surface area (TPSA) is 60.7 Å². The Hall–Kier alpha value is -1.46. The van der Waals surface area contributed by atoms with Gasteiger partial charge in [-0.3, -0.25) is 0 Å². The first-order chi connectivity index (χ1) is 17.5. The van der Waals surface area contributed by atoms with E-state index in [0.717, 1.165) is 32.1 Å². The number of hydrogen-bond donors (Lipinski definition) is 3. The third kappa shape index (κ3) is 4.36. The summed E-state index contributed by atoms with van der Waals surface area (Å²) >= 11 is 0. The molecule has 5 heteroatoms. The summed E-state index contributed by atoms with van der Waals surface area (Å²) in [6.45, 7) is 9.48. The van der Waals surface area contributed by atoms with Gasteiger partial charge in [-0.25, -0.2) is 8.78 Å². The molecule has 1 unspecified atom stereocenters. The Morgan fingerprint density at radius 3 is 2.30 bits per heavy atom. The quantitative estimate of drug-likeness (QED) is 0.384. The summed E-state index contributed by atoms with van der Waals surface area (Å²) in [6, 6.07) is 2.33. The molecule has 0 saturated heterocycles. The van der Waals surface area contributed by atoms with Crippen LogP contribution < -0.4 is 0 Å². The minimum atomic E-state index is -0.935. The lowest BCUT2D eigenvalue weighted by atomic mass is 9.41. The molecule has 3 N–H and O–H groups in total. The van der Waals surface area contributed by atoms with Crippen LogP contribution in [-0.2, 0) is 0 Å². The standard InChI is InChI=1S/C32H46F2O3/c1-5-21-25-17-20(35)11-13-32(25,4)24-12-14-31(3)22(9-10-23(31)28(24)29(21)36)18(2)7-6-8-19-15-26(33)30(37)27(34)16-19/h6,8,15-16,18,20-25,28-29,35-37H,5,7,9-14,17H2,1-4H3/b8-6+/t18-,20-,21-,22-,23?,24+,25+,28+,29-,31-,32-/m1/s1. The van der Waals surface area contributed by atoms with Gasteiger partial charge < -0.3 is 15.3 Å².